The second-order valence-electron chi connectivity index (χ2n) is 16.6. The first-order valence-electron chi connectivity index (χ1n) is 22.6. The van der Waals surface area contributed by atoms with E-state index in [4.69, 9.17) is 9.84 Å². The maximum atomic E-state index is 13.2. The van der Waals surface area contributed by atoms with Crippen molar-refractivity contribution in [2.75, 3.05) is 26.2 Å². The van der Waals surface area contributed by atoms with Gasteiger partial charge in [-0.2, -0.15) is 0 Å². The zero-order chi connectivity index (χ0) is 37.4. The van der Waals surface area contributed by atoms with E-state index in [0.29, 0.717) is 12.0 Å². The number of carboxylic acid groups (broad SMARTS) is 1. The second-order valence-corrected chi connectivity index (χ2v) is 16.6. The lowest BCUT2D eigenvalue weighted by atomic mass is 9.77. The second kappa shape index (κ2) is 32.3. The highest BCUT2D eigenvalue weighted by atomic mass is 16.5. The van der Waals surface area contributed by atoms with E-state index in [1.165, 1.54) is 148 Å². The maximum Gasteiger partial charge on any atom is 0.309 e. The van der Waals surface area contributed by atoms with Crippen molar-refractivity contribution in [1.29, 1.82) is 0 Å². The van der Waals surface area contributed by atoms with Crippen LogP contribution < -0.4 is 0 Å². The van der Waals surface area contributed by atoms with Gasteiger partial charge in [0.2, 0.25) is 0 Å². The molecule has 1 unspecified atom stereocenters. The van der Waals surface area contributed by atoms with Gasteiger partial charge in [-0.1, -0.05) is 156 Å². The highest BCUT2D eigenvalue weighted by Gasteiger charge is 2.43. The minimum Gasteiger partial charge on any atom is -0.481 e. The SMILES string of the molecule is CCCCCCCC(CCCCCCC)C(=O)O.CCCCCCCC(CCCCCCC)C(=O)OC1CCC2(CCN(CCCCO)CC2)C1. The van der Waals surface area contributed by atoms with Gasteiger partial charge in [0.05, 0.1) is 11.8 Å². The molecule has 2 N–H and O–H groups in total. The zero-order valence-corrected chi connectivity index (χ0v) is 34.5. The summed E-state index contributed by atoms with van der Waals surface area (Å²) in [5, 5.41) is 18.2. The fourth-order valence-corrected chi connectivity index (χ4v) is 8.42. The Morgan fingerprint density at radius 1 is 0.608 bits per heavy atom. The Bertz CT molecular complexity index is 782. The number of aliphatic hydroxyl groups excluding tert-OH is 1. The summed E-state index contributed by atoms with van der Waals surface area (Å²) in [6.07, 6.45) is 36.7. The third-order valence-corrected chi connectivity index (χ3v) is 12.0. The number of aliphatic carboxylic acids is 1. The maximum absolute atomic E-state index is 13.2. The minimum absolute atomic E-state index is 0.0896. The van der Waals surface area contributed by atoms with Crippen LogP contribution in [-0.4, -0.2) is 59.4 Å². The van der Waals surface area contributed by atoms with E-state index in [0.717, 1.165) is 70.8 Å². The Labute approximate surface area is 317 Å². The Kier molecular flexibility index (Phi) is 30.3. The molecule has 1 aliphatic heterocycles. The highest BCUT2D eigenvalue weighted by molar-refractivity contribution is 5.72. The van der Waals surface area contributed by atoms with Gasteiger partial charge in [-0.3, -0.25) is 9.59 Å². The van der Waals surface area contributed by atoms with E-state index in [9.17, 15) is 14.7 Å². The molecule has 0 amide bonds. The molecule has 302 valence electrons. The third kappa shape index (κ3) is 24.0. The van der Waals surface area contributed by atoms with Crippen molar-refractivity contribution in [3.05, 3.63) is 0 Å². The minimum atomic E-state index is -0.582. The van der Waals surface area contributed by atoms with E-state index in [1.807, 2.05) is 0 Å². The molecule has 6 heteroatoms. The van der Waals surface area contributed by atoms with Gasteiger partial charge in [-0.25, -0.2) is 0 Å². The predicted octanol–water partition coefficient (Wildman–Crippen LogP) is 12.7. The average molecular weight is 722 g/mol. The molecule has 1 saturated carbocycles. The summed E-state index contributed by atoms with van der Waals surface area (Å²) in [5.41, 5.74) is 0.411. The molecule has 0 aromatic rings. The summed E-state index contributed by atoms with van der Waals surface area (Å²) in [7, 11) is 0. The lowest BCUT2D eigenvalue weighted by Crippen LogP contribution is -2.39. The topological polar surface area (TPSA) is 87.1 Å². The monoisotopic (exact) mass is 722 g/mol. The molecule has 1 atom stereocenters. The van der Waals surface area contributed by atoms with Crippen molar-refractivity contribution in [2.45, 2.75) is 233 Å². The van der Waals surface area contributed by atoms with Crippen LogP contribution in [0.4, 0.5) is 0 Å². The number of ether oxygens (including phenoxy) is 1. The first kappa shape index (κ1) is 47.9. The fraction of sp³-hybridized carbons (Fsp3) is 0.956. The number of rotatable bonds is 31. The first-order chi connectivity index (χ1) is 24.8. The van der Waals surface area contributed by atoms with Gasteiger partial charge in [0.25, 0.3) is 0 Å². The molecular weight excluding hydrogens is 634 g/mol. The van der Waals surface area contributed by atoms with Crippen molar-refractivity contribution in [1.82, 2.24) is 4.90 Å². The molecule has 6 nitrogen and oxygen atoms in total. The molecule has 1 spiro atoms. The largest absolute Gasteiger partial charge is 0.481 e. The quantitative estimate of drug-likeness (QED) is 0.0547. The van der Waals surface area contributed by atoms with Crippen molar-refractivity contribution in [2.24, 2.45) is 17.3 Å². The Morgan fingerprint density at radius 3 is 1.45 bits per heavy atom. The highest BCUT2D eigenvalue weighted by Crippen LogP contribution is 2.47. The van der Waals surface area contributed by atoms with Gasteiger partial charge in [0.15, 0.2) is 0 Å². The number of hydrogen-bond acceptors (Lipinski definition) is 5. The number of carbonyl (C=O) groups excluding carboxylic acids is 1. The molecular formula is C45H87NO5. The van der Waals surface area contributed by atoms with E-state index in [1.54, 1.807) is 0 Å². The van der Waals surface area contributed by atoms with Crippen molar-refractivity contribution in [3.63, 3.8) is 0 Å². The van der Waals surface area contributed by atoms with Crippen LogP contribution in [0.5, 0.6) is 0 Å². The van der Waals surface area contributed by atoms with E-state index in [2.05, 4.69) is 32.6 Å². The third-order valence-electron chi connectivity index (χ3n) is 12.0. The van der Waals surface area contributed by atoms with Crippen molar-refractivity contribution < 1.29 is 24.5 Å². The molecule has 1 heterocycles. The molecule has 2 fully saturated rings. The summed E-state index contributed by atoms with van der Waals surface area (Å²) in [6, 6.07) is 0. The van der Waals surface area contributed by atoms with Crippen LogP contribution in [0.3, 0.4) is 0 Å². The number of aliphatic hydroxyl groups is 1. The van der Waals surface area contributed by atoms with E-state index in [-0.39, 0.29) is 23.9 Å². The standard InChI is InChI=1S/C29H55NO3.C16H32O2/c1-3-5-7-9-11-15-26(16-12-10-8-6-4-2)28(32)33-27-17-18-29(25-27)19-22-30(23-20-29)21-13-14-24-31;1-3-5-7-9-11-13-15(16(17)18)14-12-10-8-6-4-2/h26-27,31H,3-25H2,1-2H3;15H,3-14H2,1-2H3,(H,17,18). The van der Waals surface area contributed by atoms with Crippen LogP contribution in [0, 0.1) is 17.3 Å². The van der Waals surface area contributed by atoms with Gasteiger partial charge < -0.3 is 19.8 Å². The van der Waals surface area contributed by atoms with Crippen LogP contribution in [0.25, 0.3) is 0 Å². The van der Waals surface area contributed by atoms with Crippen LogP contribution in [0.1, 0.15) is 227 Å². The van der Waals surface area contributed by atoms with Crippen LogP contribution in [-0.2, 0) is 14.3 Å². The lowest BCUT2D eigenvalue weighted by molar-refractivity contribution is -0.155. The van der Waals surface area contributed by atoms with Gasteiger partial charge in [0.1, 0.15) is 6.10 Å². The Balaban J connectivity index is 0.000000613. The number of carboxylic acids is 1. The number of unbranched alkanes of at least 4 members (excludes halogenated alkanes) is 17. The van der Waals surface area contributed by atoms with Crippen LogP contribution in [0.2, 0.25) is 0 Å². The van der Waals surface area contributed by atoms with Gasteiger partial charge in [-0.15, -0.1) is 0 Å². The Hall–Kier alpha value is -1.14. The number of likely N-dealkylation sites (tertiary alicyclic amines) is 1. The smallest absolute Gasteiger partial charge is 0.309 e. The summed E-state index contributed by atoms with van der Waals surface area (Å²) < 4.78 is 6.18. The zero-order valence-electron chi connectivity index (χ0n) is 34.5. The van der Waals surface area contributed by atoms with E-state index < -0.39 is 5.97 Å². The van der Waals surface area contributed by atoms with Crippen LogP contribution >= 0.6 is 0 Å². The summed E-state index contributed by atoms with van der Waals surface area (Å²) in [5.74, 6) is -0.433. The number of esters is 1. The van der Waals surface area contributed by atoms with Crippen molar-refractivity contribution in [3.8, 4) is 0 Å². The number of hydrogen-bond donors (Lipinski definition) is 2. The molecule has 2 rings (SSSR count). The molecule has 0 bridgehead atoms. The predicted molar refractivity (Wildman–Crippen MR) is 216 cm³/mol. The van der Waals surface area contributed by atoms with Crippen molar-refractivity contribution >= 4 is 11.9 Å². The molecule has 0 radical (unpaired) electrons. The van der Waals surface area contributed by atoms with Gasteiger partial charge in [0, 0.05) is 6.61 Å². The van der Waals surface area contributed by atoms with Gasteiger partial charge in [-0.05, 0) is 95.7 Å². The number of piperidine rings is 1. The lowest BCUT2D eigenvalue weighted by Gasteiger charge is -2.39. The summed E-state index contributed by atoms with van der Waals surface area (Å²) in [4.78, 5) is 26.9. The van der Waals surface area contributed by atoms with Gasteiger partial charge >= 0.3 is 11.9 Å². The van der Waals surface area contributed by atoms with Crippen LogP contribution in [0.15, 0.2) is 0 Å². The average Bonchev–Trinajstić information content (AvgIpc) is 3.51. The molecule has 2 aliphatic rings. The molecule has 51 heavy (non-hydrogen) atoms. The fourth-order valence-electron chi connectivity index (χ4n) is 8.42. The molecule has 1 aliphatic carbocycles. The first-order valence-corrected chi connectivity index (χ1v) is 22.6. The van der Waals surface area contributed by atoms with E-state index >= 15 is 0 Å². The summed E-state index contributed by atoms with van der Waals surface area (Å²) >= 11 is 0. The molecule has 0 aromatic carbocycles. The summed E-state index contributed by atoms with van der Waals surface area (Å²) in [6.45, 7) is 12.7. The Morgan fingerprint density at radius 2 is 1.04 bits per heavy atom. The number of carbonyl (C=O) groups is 2. The molecule has 1 saturated heterocycles. The number of nitrogens with zero attached hydrogens (tertiary/aromatic N) is 1. The normalized spacial score (nSPS) is 17.3. The molecule has 0 aromatic heterocycles.